The molecular formula is C53H78F4N6O20P2. The van der Waals surface area contributed by atoms with Gasteiger partial charge in [0.05, 0.1) is 32.0 Å². The molecular weight excluding hydrogens is 1180 g/mol. The topological polar surface area (TPSA) is 329 Å². The Kier molecular flexibility index (Phi) is 26.7. The molecule has 0 spiro atoms. The van der Waals surface area contributed by atoms with Gasteiger partial charge in [-0.3, -0.25) is 36.8 Å². The molecule has 85 heavy (non-hydrogen) atoms. The Bertz CT molecular complexity index is 2920. The fraction of sp³-hybridized carbons (Fsp3) is 0.660. The van der Waals surface area contributed by atoms with Gasteiger partial charge in [0, 0.05) is 23.8 Å². The minimum Gasteiger partial charge on any atom is -0.464 e. The molecule has 2 fully saturated rings. The molecule has 0 radical (unpaired) electrons. The molecule has 0 amide bonds. The van der Waals surface area contributed by atoms with Gasteiger partial charge in [0.25, 0.3) is 0 Å². The van der Waals surface area contributed by atoms with Gasteiger partial charge in [-0.15, -0.1) is 0 Å². The lowest BCUT2D eigenvalue weighted by Crippen LogP contribution is -2.42. The molecule has 1 aromatic carbocycles. The average molecular weight is 1260 g/mol. The van der Waals surface area contributed by atoms with Gasteiger partial charge in [-0.1, -0.05) is 58.0 Å². The van der Waals surface area contributed by atoms with Crippen LogP contribution in [0.3, 0.4) is 0 Å². The van der Waals surface area contributed by atoms with Crippen LogP contribution in [0.25, 0.3) is 0 Å². The van der Waals surface area contributed by atoms with Crippen LogP contribution in [0.4, 0.5) is 17.6 Å². The smallest absolute Gasteiger partial charge is 0.407 e. The SMILES string of the molecule is CC(C)Cc1ccn([C@@H]2O[C@H](COP(=O)(N[C@@H](C)C(=O)OC(C)C)OC(C)C(=O)OCc3ccccc3)[C@@H](O)C2(F)F)c(=O)n1.CCOC(=O)C(C)OP(=O)(N[C@@H](C)C(=O)OC(C)C)OC[C@H]1O[C@@H](n2ccc(CC(C)C)nc2=O)C(F)(F)[C@@H]1O. The zero-order chi connectivity index (χ0) is 63.9. The van der Waals surface area contributed by atoms with E-state index in [1.165, 1.54) is 46.8 Å². The van der Waals surface area contributed by atoms with Crippen LogP contribution in [0, 0.1) is 11.8 Å². The molecule has 26 nitrogen and oxygen atoms in total. The van der Waals surface area contributed by atoms with Crippen LogP contribution in [-0.2, 0) is 94.3 Å². The molecule has 2 saturated heterocycles. The van der Waals surface area contributed by atoms with E-state index in [4.69, 9.17) is 46.5 Å². The number of alkyl halides is 4. The maximum atomic E-state index is 15.2. The highest BCUT2D eigenvalue weighted by Gasteiger charge is 2.61. The summed E-state index contributed by atoms with van der Waals surface area (Å²) in [4.78, 5) is 82.1. The number of nitrogens with zero attached hydrogens (tertiary/aromatic N) is 4. The van der Waals surface area contributed by atoms with E-state index in [-0.39, 0.29) is 25.0 Å². The molecule has 2 aliphatic rings. The van der Waals surface area contributed by atoms with Crippen molar-refractivity contribution in [1.82, 2.24) is 29.3 Å². The van der Waals surface area contributed by atoms with Gasteiger partial charge in [0.1, 0.15) is 30.9 Å². The zero-order valence-corrected chi connectivity index (χ0v) is 51.2. The van der Waals surface area contributed by atoms with Crippen LogP contribution in [0.1, 0.15) is 119 Å². The van der Waals surface area contributed by atoms with Crippen LogP contribution in [0.2, 0.25) is 0 Å². The molecule has 2 aliphatic heterocycles. The van der Waals surface area contributed by atoms with Gasteiger partial charge < -0.3 is 38.6 Å². The highest BCUT2D eigenvalue weighted by Crippen LogP contribution is 2.50. The normalized spacial score (nSPS) is 22.8. The van der Waals surface area contributed by atoms with Crippen LogP contribution in [0.15, 0.2) is 64.4 Å². The number of esters is 4. The Morgan fingerprint density at radius 3 is 1.33 bits per heavy atom. The van der Waals surface area contributed by atoms with Gasteiger partial charge in [-0.2, -0.15) is 27.5 Å². The number of ether oxygens (including phenoxy) is 6. The second kappa shape index (κ2) is 31.5. The van der Waals surface area contributed by atoms with Crippen LogP contribution < -0.4 is 21.6 Å². The maximum absolute atomic E-state index is 15.2. The van der Waals surface area contributed by atoms with E-state index in [0.29, 0.717) is 38.9 Å². The second-order valence-electron chi connectivity index (χ2n) is 21.3. The van der Waals surface area contributed by atoms with Crippen LogP contribution >= 0.6 is 15.5 Å². The average Bonchev–Trinajstić information content (AvgIpc) is 2.67. The van der Waals surface area contributed by atoms with Crippen molar-refractivity contribution >= 4 is 39.4 Å². The minimum absolute atomic E-state index is 0.00646. The summed E-state index contributed by atoms with van der Waals surface area (Å²) < 4.78 is 141. The van der Waals surface area contributed by atoms with Gasteiger partial charge in [0.2, 0.25) is 12.5 Å². The quantitative estimate of drug-likeness (QED) is 0.0272. The zero-order valence-electron chi connectivity index (χ0n) is 49.5. The van der Waals surface area contributed by atoms with Gasteiger partial charge in [-0.05, 0) is 105 Å². The van der Waals surface area contributed by atoms with E-state index in [1.807, 2.05) is 27.7 Å². The molecule has 478 valence electrons. The lowest BCUT2D eigenvalue weighted by Gasteiger charge is -2.26. The summed E-state index contributed by atoms with van der Waals surface area (Å²) in [6.45, 7) is 18.5. The first-order valence-corrected chi connectivity index (χ1v) is 30.4. The van der Waals surface area contributed by atoms with E-state index < -0.39 is 149 Å². The Morgan fingerprint density at radius 1 is 0.612 bits per heavy atom. The first-order chi connectivity index (χ1) is 39.5. The summed E-state index contributed by atoms with van der Waals surface area (Å²) in [5.74, 6) is -11.1. The third-order valence-corrected chi connectivity index (χ3v) is 15.5. The van der Waals surface area contributed by atoms with E-state index in [0.717, 1.165) is 12.4 Å². The molecule has 4 N–H and O–H groups in total. The summed E-state index contributed by atoms with van der Waals surface area (Å²) >= 11 is 0. The summed E-state index contributed by atoms with van der Waals surface area (Å²) in [5, 5.41) is 25.4. The molecule has 0 aliphatic carbocycles. The van der Waals surface area contributed by atoms with Gasteiger partial charge in [-0.25, -0.2) is 38.5 Å². The number of carbonyl (C=O) groups excluding carboxylic acids is 4. The highest BCUT2D eigenvalue weighted by molar-refractivity contribution is 7.52. The second-order valence-corrected chi connectivity index (χ2v) is 24.8. The molecule has 12 atom stereocenters. The van der Waals surface area contributed by atoms with E-state index in [9.17, 15) is 48.1 Å². The van der Waals surface area contributed by atoms with Crippen molar-refractivity contribution in [2.24, 2.45) is 11.8 Å². The monoisotopic (exact) mass is 1260 g/mol. The highest BCUT2D eigenvalue weighted by atomic mass is 31.2. The summed E-state index contributed by atoms with van der Waals surface area (Å²) in [6, 6.07) is 8.93. The Hall–Kier alpha value is -5.36. The molecule has 2 aromatic heterocycles. The molecule has 4 heterocycles. The third kappa shape index (κ3) is 20.9. The van der Waals surface area contributed by atoms with Crippen LogP contribution in [-0.4, -0.2) is 146 Å². The van der Waals surface area contributed by atoms with E-state index in [2.05, 4.69) is 20.1 Å². The number of nitrogens with one attached hydrogen (secondary N) is 2. The first-order valence-electron chi connectivity index (χ1n) is 27.3. The Labute approximate surface area is 489 Å². The van der Waals surface area contributed by atoms with Crippen molar-refractivity contribution in [3.63, 3.8) is 0 Å². The molecule has 32 heteroatoms. The van der Waals surface area contributed by atoms with Gasteiger partial charge in [0.15, 0.2) is 24.4 Å². The number of aromatic nitrogens is 4. The molecule has 0 saturated carbocycles. The number of rotatable bonds is 29. The number of hydrogen-bond acceptors (Lipinski definition) is 22. The van der Waals surface area contributed by atoms with Gasteiger partial charge >= 0.3 is 62.6 Å². The standard InChI is InChI=1S/C29H40F2N3O10P.C24H38F2N3O10P/c1-17(2)14-22-12-13-34(28(38)32-22)27-29(30,31)24(35)23(43-27)16-41-45(39,33-19(5)25(36)42-18(3)4)44-20(6)26(37)40-15-21-10-8-7-9-11-21;1-8-35-21(32)16(7)39-40(34,28-15(6)20(31)37-14(4)5)36-12-18-19(30)24(25,26)22(38-18)29-10-9-17(11-13(2)3)27-23(29)33/h7-13,17-20,23-24,27,35H,14-16H2,1-6H3,(H,33,39);9-10,13-16,18-19,22,30H,8,11-12H2,1-7H3,(H,28,34)/t19-,20?,23+,24+,27+,45?;15-,16?,18+,19+,22+,40?/m00/s1. The molecule has 4 unspecified atom stereocenters. The molecule has 5 rings (SSSR count). The summed E-state index contributed by atoms with van der Waals surface area (Å²) in [6.07, 6.45) is -14.0. The summed E-state index contributed by atoms with van der Waals surface area (Å²) in [5.41, 5.74) is -0.537. The number of carbonyl (C=O) groups is 4. The van der Waals surface area contributed by atoms with Crippen molar-refractivity contribution < 1.29 is 103 Å². The lowest BCUT2D eigenvalue weighted by atomic mass is 10.1. The number of hydrogen-bond donors (Lipinski definition) is 4. The van der Waals surface area contributed by atoms with Crippen molar-refractivity contribution in [1.29, 1.82) is 0 Å². The largest absolute Gasteiger partial charge is 0.464 e. The minimum atomic E-state index is -4.69. The fourth-order valence-corrected chi connectivity index (χ4v) is 11.2. The predicted molar refractivity (Wildman–Crippen MR) is 293 cm³/mol. The number of aliphatic hydroxyl groups is 2. The van der Waals surface area contributed by atoms with E-state index >= 15 is 17.6 Å². The number of aliphatic hydroxyl groups excluding tert-OH is 2. The van der Waals surface area contributed by atoms with Crippen LogP contribution in [0.5, 0.6) is 0 Å². The summed E-state index contributed by atoms with van der Waals surface area (Å²) in [7, 11) is -9.31. The van der Waals surface area contributed by atoms with Crippen molar-refractivity contribution in [3.05, 3.63) is 92.8 Å². The van der Waals surface area contributed by atoms with Crippen molar-refractivity contribution in [2.75, 3.05) is 19.8 Å². The predicted octanol–water partition coefficient (Wildman–Crippen LogP) is 5.90. The van der Waals surface area contributed by atoms with E-state index in [1.54, 1.807) is 58.0 Å². The third-order valence-electron chi connectivity index (χ3n) is 12.0. The van der Waals surface area contributed by atoms with Crippen molar-refractivity contribution in [3.8, 4) is 0 Å². The molecule has 0 bridgehead atoms. The Balaban J connectivity index is 0.000000367. The first kappa shape index (κ1) is 72.1. The Morgan fingerprint density at radius 2 is 0.988 bits per heavy atom. The lowest BCUT2D eigenvalue weighted by molar-refractivity contribution is -0.153. The maximum Gasteiger partial charge on any atom is 0.407 e. The fourth-order valence-electron chi connectivity index (χ4n) is 7.92. The van der Waals surface area contributed by atoms with Crippen molar-refractivity contribution in [2.45, 2.75) is 195 Å². The number of benzene rings is 1. The molecule has 3 aromatic rings. The number of halogens is 4.